The number of carbonyl (C=O) groups excluding carboxylic acids is 1. The number of carbonyl (C=O) groups is 1. The Kier molecular flexibility index (Phi) is 7.70. The highest BCUT2D eigenvalue weighted by atomic mass is 28.4. The molecule has 0 spiro atoms. The van der Waals surface area contributed by atoms with E-state index in [1.807, 2.05) is 0 Å². The van der Waals surface area contributed by atoms with Gasteiger partial charge in [-0.05, 0) is 42.2 Å². The molecule has 2 atom stereocenters. The predicted octanol–water partition coefficient (Wildman–Crippen LogP) is 4.78. The molecule has 2 rings (SSSR count). The Morgan fingerprint density at radius 3 is 2.47 bits per heavy atom. The number of ether oxygens (including phenoxy) is 1. The van der Waals surface area contributed by atoms with Crippen LogP contribution in [0.5, 0.6) is 0 Å². The minimum absolute atomic E-state index is 0.000214. The Morgan fingerprint density at radius 1 is 1.30 bits per heavy atom. The quantitative estimate of drug-likeness (QED) is 0.265. The van der Waals surface area contributed by atoms with Gasteiger partial charge < -0.3 is 14.1 Å². The highest BCUT2D eigenvalue weighted by molar-refractivity contribution is 6.74. The monoisotopic (exact) mass is 436 g/mol. The van der Waals surface area contributed by atoms with Gasteiger partial charge in [0.2, 0.25) is 0 Å². The van der Waals surface area contributed by atoms with Crippen molar-refractivity contribution in [2.45, 2.75) is 64.1 Å². The number of azo groups is 1. The summed E-state index contributed by atoms with van der Waals surface area (Å²) >= 11 is 0. The molecule has 0 unspecified atom stereocenters. The minimum Gasteiger partial charge on any atom is -0.445 e. The SMILES string of the molecule is CN=NC[C@@H]1C[C@@H](O[Si](C)(C)C(C)(C)C)CN1C(=O)OCc1ccc([N+](=O)[O-])cc1. The zero-order valence-electron chi connectivity index (χ0n) is 18.6. The molecule has 1 saturated heterocycles. The Hall–Kier alpha value is -2.33. The summed E-state index contributed by atoms with van der Waals surface area (Å²) in [6.45, 7) is 11.9. The van der Waals surface area contributed by atoms with Crippen LogP contribution in [0.1, 0.15) is 32.8 Å². The maximum absolute atomic E-state index is 12.8. The second-order valence-corrected chi connectivity index (χ2v) is 13.8. The van der Waals surface area contributed by atoms with Crippen molar-refractivity contribution in [2.24, 2.45) is 10.2 Å². The van der Waals surface area contributed by atoms with Gasteiger partial charge in [-0.3, -0.25) is 10.1 Å². The van der Waals surface area contributed by atoms with Crippen LogP contribution in [0.25, 0.3) is 0 Å². The molecule has 1 aromatic carbocycles. The fraction of sp³-hybridized carbons (Fsp3) is 0.650. The number of nitro benzene ring substituents is 1. The molecule has 0 bridgehead atoms. The van der Waals surface area contributed by atoms with E-state index in [1.165, 1.54) is 12.1 Å². The molecule has 10 heteroatoms. The fourth-order valence-electron chi connectivity index (χ4n) is 3.07. The molecule has 166 valence electrons. The first-order valence-electron chi connectivity index (χ1n) is 10.0. The highest BCUT2D eigenvalue weighted by Crippen LogP contribution is 2.39. The van der Waals surface area contributed by atoms with Gasteiger partial charge >= 0.3 is 6.09 Å². The van der Waals surface area contributed by atoms with Gasteiger partial charge in [0.05, 0.1) is 23.6 Å². The van der Waals surface area contributed by atoms with E-state index < -0.39 is 19.3 Å². The zero-order valence-corrected chi connectivity index (χ0v) is 19.6. The molecule has 1 fully saturated rings. The Bertz CT molecular complexity index is 776. The zero-order chi connectivity index (χ0) is 22.5. The molecular weight excluding hydrogens is 404 g/mol. The van der Waals surface area contributed by atoms with Crippen LogP contribution in [-0.2, 0) is 15.8 Å². The largest absolute Gasteiger partial charge is 0.445 e. The Morgan fingerprint density at radius 2 is 1.93 bits per heavy atom. The van der Waals surface area contributed by atoms with Crippen LogP contribution < -0.4 is 0 Å². The number of nitrogens with zero attached hydrogens (tertiary/aromatic N) is 4. The molecule has 1 aromatic rings. The first-order valence-corrected chi connectivity index (χ1v) is 13.0. The molecule has 9 nitrogen and oxygen atoms in total. The van der Waals surface area contributed by atoms with Crippen LogP contribution in [0.15, 0.2) is 34.5 Å². The highest BCUT2D eigenvalue weighted by Gasteiger charge is 2.44. The van der Waals surface area contributed by atoms with E-state index >= 15 is 0 Å². The average molecular weight is 437 g/mol. The third-order valence-electron chi connectivity index (χ3n) is 5.82. The normalized spacial score (nSPS) is 20.0. The van der Waals surface area contributed by atoms with E-state index in [9.17, 15) is 14.9 Å². The summed E-state index contributed by atoms with van der Waals surface area (Å²) < 4.78 is 12.0. The van der Waals surface area contributed by atoms with Crippen molar-refractivity contribution in [3.05, 3.63) is 39.9 Å². The number of amides is 1. The number of nitro groups is 1. The van der Waals surface area contributed by atoms with Gasteiger partial charge in [-0.25, -0.2) is 4.79 Å². The molecule has 0 radical (unpaired) electrons. The second-order valence-electron chi connectivity index (χ2n) is 9.04. The summed E-state index contributed by atoms with van der Waals surface area (Å²) in [5.41, 5.74) is 0.687. The second kappa shape index (κ2) is 9.65. The fourth-order valence-corrected chi connectivity index (χ4v) is 4.42. The molecule has 0 saturated carbocycles. The van der Waals surface area contributed by atoms with Crippen molar-refractivity contribution >= 4 is 20.1 Å². The smallest absolute Gasteiger partial charge is 0.410 e. The summed E-state index contributed by atoms with van der Waals surface area (Å²) in [6, 6.07) is 5.83. The average Bonchev–Trinajstić information content (AvgIpc) is 3.05. The lowest BCUT2D eigenvalue weighted by molar-refractivity contribution is -0.384. The van der Waals surface area contributed by atoms with Crippen molar-refractivity contribution in [2.75, 3.05) is 20.1 Å². The summed E-state index contributed by atoms with van der Waals surface area (Å²) in [6.07, 6.45) is 0.193. The van der Waals surface area contributed by atoms with E-state index in [0.717, 1.165) is 0 Å². The molecule has 0 aliphatic carbocycles. The number of benzene rings is 1. The van der Waals surface area contributed by atoms with Crippen LogP contribution in [0.2, 0.25) is 18.1 Å². The van der Waals surface area contributed by atoms with Crippen LogP contribution in [-0.4, -0.2) is 56.5 Å². The van der Waals surface area contributed by atoms with E-state index in [1.54, 1.807) is 24.1 Å². The standard InChI is InChI=1S/C20H32N4O5Si/c1-20(2,3)30(5,6)29-18-11-17(12-22-21-4)23(13-18)19(25)28-14-15-7-9-16(10-8-15)24(26)27/h7-10,17-18H,11-14H2,1-6H3/t17-,18+/m0/s1. The number of hydrogen-bond donors (Lipinski definition) is 0. The van der Waals surface area contributed by atoms with Crippen molar-refractivity contribution in [1.82, 2.24) is 4.90 Å². The van der Waals surface area contributed by atoms with E-state index in [2.05, 4.69) is 44.1 Å². The minimum atomic E-state index is -1.97. The molecule has 1 aliphatic rings. The molecule has 0 N–H and O–H groups in total. The Labute approximate surface area is 178 Å². The van der Waals surface area contributed by atoms with Gasteiger partial charge in [-0.1, -0.05) is 20.8 Å². The lowest BCUT2D eigenvalue weighted by atomic mass is 10.2. The van der Waals surface area contributed by atoms with Gasteiger partial charge in [-0.15, -0.1) is 0 Å². The maximum atomic E-state index is 12.8. The molecule has 1 aliphatic heterocycles. The maximum Gasteiger partial charge on any atom is 0.410 e. The van der Waals surface area contributed by atoms with Crippen molar-refractivity contribution in [3.63, 3.8) is 0 Å². The molecule has 0 aromatic heterocycles. The number of likely N-dealkylation sites (tertiary alicyclic amines) is 1. The summed E-state index contributed by atoms with van der Waals surface area (Å²) in [5.74, 6) is 0. The topological polar surface area (TPSA) is 107 Å². The van der Waals surface area contributed by atoms with Crippen LogP contribution >= 0.6 is 0 Å². The van der Waals surface area contributed by atoms with Crippen LogP contribution in [0.4, 0.5) is 10.5 Å². The van der Waals surface area contributed by atoms with E-state index in [-0.39, 0.29) is 29.5 Å². The van der Waals surface area contributed by atoms with Gasteiger partial charge in [-0.2, -0.15) is 10.2 Å². The first kappa shape index (κ1) is 23.9. The van der Waals surface area contributed by atoms with Gasteiger partial charge in [0.15, 0.2) is 8.32 Å². The third kappa shape index (κ3) is 6.08. The first-order chi connectivity index (χ1) is 13.9. The Balaban J connectivity index is 2.02. The van der Waals surface area contributed by atoms with Crippen molar-refractivity contribution < 1.29 is 18.9 Å². The molecule has 1 heterocycles. The molecular formula is C20H32N4O5Si. The third-order valence-corrected chi connectivity index (χ3v) is 10.4. The summed E-state index contributed by atoms with van der Waals surface area (Å²) in [4.78, 5) is 24.7. The van der Waals surface area contributed by atoms with Gasteiger partial charge in [0, 0.05) is 25.7 Å². The van der Waals surface area contributed by atoms with E-state index in [4.69, 9.17) is 9.16 Å². The lowest BCUT2D eigenvalue weighted by Crippen LogP contribution is -2.44. The van der Waals surface area contributed by atoms with Crippen LogP contribution in [0.3, 0.4) is 0 Å². The number of non-ortho nitro benzene ring substituents is 1. The lowest BCUT2D eigenvalue weighted by Gasteiger charge is -2.38. The van der Waals surface area contributed by atoms with E-state index in [0.29, 0.717) is 25.1 Å². The number of hydrogen-bond acceptors (Lipinski definition) is 7. The van der Waals surface area contributed by atoms with Crippen LogP contribution in [0, 0.1) is 10.1 Å². The van der Waals surface area contributed by atoms with Gasteiger partial charge in [0.1, 0.15) is 6.61 Å². The summed E-state index contributed by atoms with van der Waals surface area (Å²) in [7, 11) is -0.362. The van der Waals surface area contributed by atoms with Crippen molar-refractivity contribution in [3.8, 4) is 0 Å². The predicted molar refractivity (Wildman–Crippen MR) is 116 cm³/mol. The van der Waals surface area contributed by atoms with Crippen molar-refractivity contribution in [1.29, 1.82) is 0 Å². The molecule has 30 heavy (non-hydrogen) atoms. The summed E-state index contributed by atoms with van der Waals surface area (Å²) in [5, 5.41) is 18.7. The van der Waals surface area contributed by atoms with Gasteiger partial charge in [0.25, 0.3) is 5.69 Å². The number of rotatable bonds is 7. The molecule has 1 amide bonds.